The maximum atomic E-state index is 5.49. The van der Waals surface area contributed by atoms with Crippen LogP contribution in [0.15, 0.2) is 206 Å². The van der Waals surface area contributed by atoms with E-state index in [9.17, 15) is 0 Å². The molecule has 11 rings (SSSR count). The number of thiazole rings is 1. The molecule has 0 amide bonds. The van der Waals surface area contributed by atoms with Crippen molar-refractivity contribution in [1.82, 2.24) is 9.97 Å². The Balaban J connectivity index is 1.16. The van der Waals surface area contributed by atoms with Gasteiger partial charge in [0.1, 0.15) is 5.01 Å². The van der Waals surface area contributed by atoms with Crippen LogP contribution in [0.25, 0.3) is 109 Å². The van der Waals surface area contributed by atoms with Crippen LogP contribution >= 0.6 is 11.3 Å². The summed E-state index contributed by atoms with van der Waals surface area (Å²) in [5.41, 5.74) is 14.5. The summed E-state index contributed by atoms with van der Waals surface area (Å²) in [5, 5.41) is 6.92. The van der Waals surface area contributed by atoms with Crippen molar-refractivity contribution in [2.45, 2.75) is 0 Å². The number of aromatic nitrogens is 2. The molecule has 11 aromatic rings. The highest BCUT2D eigenvalue weighted by Gasteiger charge is 2.22. The molecule has 0 aliphatic heterocycles. The number of hydrogen-bond acceptors (Lipinski definition) is 3. The van der Waals surface area contributed by atoms with Gasteiger partial charge in [0, 0.05) is 22.1 Å². The monoisotopic (exact) mass is 742 g/mol. The molecule has 2 nitrogen and oxygen atoms in total. The standard InChI is InChI=1S/C54H34N2S/c1-3-15-35(16-4-1)36-27-29-39(30-28-36)54-56-53-50(57-54)33-40-20-8-10-22-42(40)52(53)46-32-31-38-19-7-9-21-41(38)51(46)45-25-12-11-23-43(45)49-34-47(37-17-5-2-6-18-37)44-24-13-14-26-48(44)55-49/h1-34H. The van der Waals surface area contributed by atoms with E-state index in [1.54, 1.807) is 11.3 Å². The van der Waals surface area contributed by atoms with E-state index in [1.807, 2.05) is 0 Å². The maximum Gasteiger partial charge on any atom is 0.124 e. The average molecular weight is 743 g/mol. The third kappa shape index (κ3) is 5.80. The molecule has 0 aliphatic carbocycles. The highest BCUT2D eigenvalue weighted by Crippen LogP contribution is 2.48. The Labute approximate surface area is 335 Å². The molecular weight excluding hydrogens is 709 g/mol. The summed E-state index contributed by atoms with van der Waals surface area (Å²) >= 11 is 1.76. The van der Waals surface area contributed by atoms with Gasteiger partial charge in [-0.05, 0) is 78.7 Å². The van der Waals surface area contributed by atoms with Crippen molar-refractivity contribution >= 4 is 54.0 Å². The van der Waals surface area contributed by atoms with Crippen molar-refractivity contribution in [2.75, 3.05) is 0 Å². The third-order valence-electron chi connectivity index (χ3n) is 11.1. The van der Waals surface area contributed by atoms with Crippen LogP contribution in [0, 0.1) is 0 Å². The van der Waals surface area contributed by atoms with Gasteiger partial charge in [0.15, 0.2) is 0 Å². The zero-order valence-electron chi connectivity index (χ0n) is 30.9. The quantitative estimate of drug-likeness (QED) is 0.170. The SMILES string of the molecule is c1ccc(-c2ccc(-c3nc4c(-c5ccc6ccccc6c5-c5ccccc5-c5cc(-c6ccccc6)c6ccccc6n5)c5ccccc5cc4s3)cc2)cc1. The number of para-hydroxylation sites is 1. The van der Waals surface area contributed by atoms with Crippen molar-refractivity contribution in [3.05, 3.63) is 206 Å². The molecule has 57 heavy (non-hydrogen) atoms. The molecule has 2 aromatic heterocycles. The lowest BCUT2D eigenvalue weighted by molar-refractivity contribution is 1.40. The van der Waals surface area contributed by atoms with Crippen LogP contribution in [0.3, 0.4) is 0 Å². The zero-order chi connectivity index (χ0) is 37.7. The summed E-state index contributed by atoms with van der Waals surface area (Å²) in [5.74, 6) is 0. The molecule has 0 saturated carbocycles. The van der Waals surface area contributed by atoms with Crippen molar-refractivity contribution in [3.63, 3.8) is 0 Å². The molecule has 0 radical (unpaired) electrons. The van der Waals surface area contributed by atoms with Gasteiger partial charge in [0.25, 0.3) is 0 Å². The lowest BCUT2D eigenvalue weighted by atomic mass is 9.85. The van der Waals surface area contributed by atoms with Gasteiger partial charge in [-0.1, -0.05) is 188 Å². The molecule has 0 saturated heterocycles. The Bertz CT molecular complexity index is 3270. The second kappa shape index (κ2) is 13.8. The molecule has 266 valence electrons. The van der Waals surface area contributed by atoms with Crippen LogP contribution in [-0.4, -0.2) is 9.97 Å². The van der Waals surface area contributed by atoms with Crippen LogP contribution in [0.4, 0.5) is 0 Å². The van der Waals surface area contributed by atoms with E-state index < -0.39 is 0 Å². The van der Waals surface area contributed by atoms with Gasteiger partial charge < -0.3 is 0 Å². The molecule has 0 unspecified atom stereocenters. The first kappa shape index (κ1) is 33.2. The van der Waals surface area contributed by atoms with Crippen LogP contribution in [0.2, 0.25) is 0 Å². The van der Waals surface area contributed by atoms with Crippen molar-refractivity contribution < 1.29 is 0 Å². The van der Waals surface area contributed by atoms with E-state index in [-0.39, 0.29) is 0 Å². The number of rotatable bonds is 6. The van der Waals surface area contributed by atoms with E-state index in [1.165, 1.54) is 54.1 Å². The zero-order valence-corrected chi connectivity index (χ0v) is 31.7. The molecule has 2 heterocycles. The molecular formula is C54H34N2S. The van der Waals surface area contributed by atoms with Crippen LogP contribution in [-0.2, 0) is 0 Å². The number of pyridine rings is 1. The lowest BCUT2D eigenvalue weighted by Gasteiger charge is -2.19. The van der Waals surface area contributed by atoms with E-state index in [0.29, 0.717) is 0 Å². The molecule has 0 spiro atoms. The van der Waals surface area contributed by atoms with Crippen LogP contribution < -0.4 is 0 Å². The molecule has 9 aromatic carbocycles. The first-order valence-corrected chi connectivity index (χ1v) is 20.1. The first-order chi connectivity index (χ1) is 28.3. The van der Waals surface area contributed by atoms with Gasteiger partial charge in [-0.3, -0.25) is 0 Å². The fourth-order valence-corrected chi connectivity index (χ4v) is 9.45. The van der Waals surface area contributed by atoms with E-state index in [4.69, 9.17) is 9.97 Å². The fourth-order valence-electron chi connectivity index (χ4n) is 8.42. The smallest absolute Gasteiger partial charge is 0.124 e. The van der Waals surface area contributed by atoms with Gasteiger partial charge in [-0.25, -0.2) is 9.97 Å². The second-order valence-electron chi connectivity index (χ2n) is 14.5. The Morgan fingerprint density at radius 2 is 0.912 bits per heavy atom. The largest absolute Gasteiger partial charge is 0.248 e. The second-order valence-corrected chi connectivity index (χ2v) is 15.5. The van der Waals surface area contributed by atoms with Crippen molar-refractivity contribution in [2.24, 2.45) is 0 Å². The minimum atomic E-state index is 0.944. The molecule has 0 atom stereocenters. The molecule has 0 N–H and O–H groups in total. The summed E-state index contributed by atoms with van der Waals surface area (Å²) < 4.78 is 1.17. The minimum absolute atomic E-state index is 0.944. The van der Waals surface area contributed by atoms with Gasteiger partial charge in [0.2, 0.25) is 0 Å². The number of fused-ring (bicyclic) bond motifs is 4. The fraction of sp³-hybridized carbons (Fsp3) is 0. The summed E-state index contributed by atoms with van der Waals surface area (Å²) in [7, 11) is 0. The van der Waals surface area contributed by atoms with E-state index in [0.717, 1.165) is 54.9 Å². The number of benzene rings is 9. The summed E-state index contributed by atoms with van der Waals surface area (Å²) in [6.07, 6.45) is 0. The lowest BCUT2D eigenvalue weighted by Crippen LogP contribution is -1.95. The number of hydrogen-bond donors (Lipinski definition) is 0. The highest BCUT2D eigenvalue weighted by molar-refractivity contribution is 7.21. The molecule has 3 heteroatoms. The van der Waals surface area contributed by atoms with Gasteiger partial charge >= 0.3 is 0 Å². The Kier molecular flexibility index (Phi) is 8.04. The van der Waals surface area contributed by atoms with Crippen molar-refractivity contribution in [3.8, 4) is 66.3 Å². The predicted molar refractivity (Wildman–Crippen MR) is 243 cm³/mol. The topological polar surface area (TPSA) is 25.8 Å². The van der Waals surface area contributed by atoms with E-state index in [2.05, 4.69) is 206 Å². The maximum absolute atomic E-state index is 5.49. The average Bonchev–Trinajstić information content (AvgIpc) is 3.72. The van der Waals surface area contributed by atoms with Gasteiger partial charge in [0.05, 0.1) is 21.4 Å². The number of nitrogens with zero attached hydrogens (tertiary/aromatic N) is 2. The molecule has 0 fully saturated rings. The third-order valence-corrected chi connectivity index (χ3v) is 12.2. The minimum Gasteiger partial charge on any atom is -0.248 e. The highest BCUT2D eigenvalue weighted by atomic mass is 32.1. The molecule has 0 aliphatic rings. The summed E-state index contributed by atoms with van der Waals surface area (Å²) in [6.45, 7) is 0. The normalized spacial score (nSPS) is 11.5. The Morgan fingerprint density at radius 1 is 0.333 bits per heavy atom. The Morgan fingerprint density at radius 3 is 1.68 bits per heavy atom. The summed E-state index contributed by atoms with van der Waals surface area (Å²) in [6, 6.07) is 73.9. The Hall–Kier alpha value is -7.20. The van der Waals surface area contributed by atoms with Crippen LogP contribution in [0.5, 0.6) is 0 Å². The van der Waals surface area contributed by atoms with E-state index >= 15 is 0 Å². The van der Waals surface area contributed by atoms with Crippen molar-refractivity contribution in [1.29, 1.82) is 0 Å². The molecule has 0 bridgehead atoms. The summed E-state index contributed by atoms with van der Waals surface area (Å²) in [4.78, 5) is 10.8. The van der Waals surface area contributed by atoms with Gasteiger partial charge in [-0.15, -0.1) is 11.3 Å². The first-order valence-electron chi connectivity index (χ1n) is 19.3. The predicted octanol–water partition coefficient (Wildman–Crippen LogP) is 15.2. The van der Waals surface area contributed by atoms with Gasteiger partial charge in [-0.2, -0.15) is 0 Å². The van der Waals surface area contributed by atoms with Crippen LogP contribution in [0.1, 0.15) is 0 Å².